The van der Waals surface area contributed by atoms with E-state index in [-0.39, 0.29) is 5.91 Å². The van der Waals surface area contributed by atoms with Crippen molar-refractivity contribution in [2.24, 2.45) is 5.92 Å². The standard InChI is InChI=1S/C17H25N3O3S/c1-13(21)20-10-7-15-11-16(3-4-17(15)20)24(22,23)19-8-5-14(6-9-19)12-18-2/h3-4,11,14,18H,5-10,12H2,1-2H3. The number of hydrogen-bond donors (Lipinski definition) is 1. The topological polar surface area (TPSA) is 69.7 Å². The summed E-state index contributed by atoms with van der Waals surface area (Å²) in [6.45, 7) is 4.25. The lowest BCUT2D eigenvalue weighted by atomic mass is 9.98. The normalized spacial score (nSPS) is 19.5. The van der Waals surface area contributed by atoms with E-state index in [9.17, 15) is 13.2 Å². The second-order valence-electron chi connectivity index (χ2n) is 6.62. The molecule has 3 rings (SSSR count). The van der Waals surface area contributed by atoms with Crippen LogP contribution in [0.2, 0.25) is 0 Å². The number of hydrogen-bond acceptors (Lipinski definition) is 4. The predicted molar refractivity (Wildman–Crippen MR) is 93.6 cm³/mol. The van der Waals surface area contributed by atoms with Crippen molar-refractivity contribution < 1.29 is 13.2 Å². The monoisotopic (exact) mass is 351 g/mol. The minimum absolute atomic E-state index is 0.00374. The van der Waals surface area contributed by atoms with Crippen molar-refractivity contribution in [2.45, 2.75) is 31.1 Å². The molecule has 0 unspecified atom stereocenters. The van der Waals surface area contributed by atoms with Gasteiger partial charge < -0.3 is 10.2 Å². The van der Waals surface area contributed by atoms with Crippen LogP contribution in [0.3, 0.4) is 0 Å². The summed E-state index contributed by atoms with van der Waals surface area (Å²) in [7, 11) is -1.52. The first-order valence-electron chi connectivity index (χ1n) is 8.49. The lowest BCUT2D eigenvalue weighted by molar-refractivity contribution is -0.116. The molecule has 1 aromatic carbocycles. The first kappa shape index (κ1) is 17.4. The van der Waals surface area contributed by atoms with Crippen molar-refractivity contribution in [3.63, 3.8) is 0 Å². The predicted octanol–water partition coefficient (Wildman–Crippen LogP) is 1.22. The highest BCUT2D eigenvalue weighted by Gasteiger charge is 2.31. The van der Waals surface area contributed by atoms with E-state index in [4.69, 9.17) is 0 Å². The number of anilines is 1. The Labute approximate surface area is 143 Å². The Balaban J connectivity index is 1.78. The number of amides is 1. The molecule has 1 N–H and O–H groups in total. The number of nitrogens with zero attached hydrogens (tertiary/aromatic N) is 2. The Bertz CT molecular complexity index is 725. The largest absolute Gasteiger partial charge is 0.319 e. The minimum atomic E-state index is -3.45. The fourth-order valence-corrected chi connectivity index (χ4v) is 5.18. The van der Waals surface area contributed by atoms with Crippen LogP contribution in [0.5, 0.6) is 0 Å². The zero-order valence-electron chi connectivity index (χ0n) is 14.3. The highest BCUT2D eigenvalue weighted by atomic mass is 32.2. The van der Waals surface area contributed by atoms with Gasteiger partial charge in [-0.2, -0.15) is 4.31 Å². The molecule has 7 heteroatoms. The summed E-state index contributed by atoms with van der Waals surface area (Å²) in [5, 5.41) is 3.16. The van der Waals surface area contributed by atoms with E-state index < -0.39 is 10.0 Å². The van der Waals surface area contributed by atoms with Crippen molar-refractivity contribution in [3.05, 3.63) is 23.8 Å². The van der Waals surface area contributed by atoms with E-state index in [0.717, 1.165) is 30.6 Å². The van der Waals surface area contributed by atoms with Crippen LogP contribution in [0.25, 0.3) is 0 Å². The molecular formula is C17H25N3O3S. The van der Waals surface area contributed by atoms with Crippen molar-refractivity contribution in [3.8, 4) is 0 Å². The number of nitrogens with one attached hydrogen (secondary N) is 1. The molecular weight excluding hydrogens is 326 g/mol. The van der Waals surface area contributed by atoms with E-state index in [1.807, 2.05) is 7.05 Å². The third-order valence-corrected chi connectivity index (χ3v) is 6.93. The van der Waals surface area contributed by atoms with Crippen LogP contribution >= 0.6 is 0 Å². The Morgan fingerprint density at radius 2 is 1.96 bits per heavy atom. The van der Waals surface area contributed by atoms with Gasteiger partial charge in [-0.15, -0.1) is 0 Å². The molecule has 2 heterocycles. The molecule has 24 heavy (non-hydrogen) atoms. The summed E-state index contributed by atoms with van der Waals surface area (Å²) in [6.07, 6.45) is 2.49. The first-order chi connectivity index (χ1) is 11.4. The average molecular weight is 351 g/mol. The Kier molecular flexibility index (Phi) is 4.94. The van der Waals surface area contributed by atoms with Gasteiger partial charge in [-0.3, -0.25) is 4.79 Å². The molecule has 132 valence electrons. The maximum atomic E-state index is 12.9. The van der Waals surface area contributed by atoms with Gasteiger partial charge in [-0.25, -0.2) is 8.42 Å². The average Bonchev–Trinajstić information content (AvgIpc) is 2.99. The first-order valence-corrected chi connectivity index (χ1v) is 9.93. The van der Waals surface area contributed by atoms with Gasteiger partial charge in [0, 0.05) is 32.2 Å². The molecule has 0 bridgehead atoms. The second kappa shape index (κ2) is 6.82. The van der Waals surface area contributed by atoms with Gasteiger partial charge in [0.25, 0.3) is 0 Å². The van der Waals surface area contributed by atoms with Crippen LogP contribution in [-0.4, -0.2) is 51.9 Å². The van der Waals surface area contributed by atoms with Crippen LogP contribution in [0, 0.1) is 5.92 Å². The maximum Gasteiger partial charge on any atom is 0.243 e. The van der Waals surface area contributed by atoms with E-state index in [0.29, 0.717) is 36.9 Å². The summed E-state index contributed by atoms with van der Waals surface area (Å²) in [5.74, 6) is 0.543. The highest BCUT2D eigenvalue weighted by Crippen LogP contribution is 2.32. The lowest BCUT2D eigenvalue weighted by Gasteiger charge is -2.31. The molecule has 0 aromatic heterocycles. The van der Waals surface area contributed by atoms with Crippen molar-refractivity contribution in [1.29, 1.82) is 0 Å². The number of carbonyl (C=O) groups excluding carboxylic acids is 1. The van der Waals surface area contributed by atoms with Crippen molar-refractivity contribution in [1.82, 2.24) is 9.62 Å². The van der Waals surface area contributed by atoms with Gasteiger partial charge in [-0.1, -0.05) is 0 Å². The number of carbonyl (C=O) groups is 1. The van der Waals surface area contributed by atoms with Crippen LogP contribution in [-0.2, 0) is 21.2 Å². The van der Waals surface area contributed by atoms with Crippen LogP contribution < -0.4 is 10.2 Å². The van der Waals surface area contributed by atoms with Crippen LogP contribution in [0.4, 0.5) is 5.69 Å². The Morgan fingerprint density at radius 3 is 2.58 bits per heavy atom. The number of fused-ring (bicyclic) bond motifs is 1. The van der Waals surface area contributed by atoms with Crippen molar-refractivity contribution >= 4 is 21.6 Å². The van der Waals surface area contributed by atoms with Gasteiger partial charge in [-0.05, 0) is 62.5 Å². The Hall–Kier alpha value is -1.44. The van der Waals surface area contributed by atoms with E-state index >= 15 is 0 Å². The maximum absolute atomic E-state index is 12.9. The molecule has 2 aliphatic heterocycles. The third kappa shape index (κ3) is 3.20. The van der Waals surface area contributed by atoms with Gasteiger partial charge in [0.2, 0.25) is 15.9 Å². The molecule has 0 saturated carbocycles. The molecule has 2 aliphatic rings. The fourth-order valence-electron chi connectivity index (χ4n) is 3.66. The summed E-state index contributed by atoms with van der Waals surface area (Å²) in [4.78, 5) is 13.7. The molecule has 1 fully saturated rings. The van der Waals surface area contributed by atoms with Crippen LogP contribution in [0.1, 0.15) is 25.3 Å². The summed E-state index contributed by atoms with van der Waals surface area (Å²) in [5.41, 5.74) is 1.78. The SMILES string of the molecule is CNCC1CCN(S(=O)(=O)c2ccc3c(c2)CCN3C(C)=O)CC1. The molecule has 0 atom stereocenters. The third-order valence-electron chi connectivity index (χ3n) is 5.03. The number of sulfonamides is 1. The van der Waals surface area contributed by atoms with E-state index in [1.54, 1.807) is 27.4 Å². The number of rotatable bonds is 4. The fraction of sp³-hybridized carbons (Fsp3) is 0.588. The molecule has 1 amide bonds. The number of piperidine rings is 1. The molecule has 1 aromatic rings. The van der Waals surface area contributed by atoms with Gasteiger partial charge >= 0.3 is 0 Å². The molecule has 0 radical (unpaired) electrons. The van der Waals surface area contributed by atoms with Gasteiger partial charge in [0.05, 0.1) is 4.90 Å². The van der Waals surface area contributed by atoms with E-state index in [2.05, 4.69) is 5.32 Å². The van der Waals surface area contributed by atoms with Crippen LogP contribution in [0.15, 0.2) is 23.1 Å². The molecule has 6 nitrogen and oxygen atoms in total. The Morgan fingerprint density at radius 1 is 1.25 bits per heavy atom. The van der Waals surface area contributed by atoms with E-state index in [1.165, 1.54) is 6.92 Å². The highest BCUT2D eigenvalue weighted by molar-refractivity contribution is 7.89. The van der Waals surface area contributed by atoms with Crippen molar-refractivity contribution in [2.75, 3.05) is 38.1 Å². The molecule has 0 spiro atoms. The zero-order valence-corrected chi connectivity index (χ0v) is 15.1. The summed E-state index contributed by atoms with van der Waals surface area (Å²) >= 11 is 0. The lowest BCUT2D eigenvalue weighted by Crippen LogP contribution is -2.40. The summed E-state index contributed by atoms with van der Waals surface area (Å²) < 4.78 is 27.4. The van der Waals surface area contributed by atoms with Gasteiger partial charge in [0.1, 0.15) is 0 Å². The van der Waals surface area contributed by atoms with Gasteiger partial charge in [0.15, 0.2) is 0 Å². The summed E-state index contributed by atoms with van der Waals surface area (Å²) in [6, 6.07) is 5.15. The molecule has 1 saturated heterocycles. The quantitative estimate of drug-likeness (QED) is 0.885. The number of benzene rings is 1. The smallest absolute Gasteiger partial charge is 0.243 e. The second-order valence-corrected chi connectivity index (χ2v) is 8.55. The minimum Gasteiger partial charge on any atom is -0.319 e. The zero-order chi connectivity index (χ0) is 17.3. The molecule has 0 aliphatic carbocycles.